The summed E-state index contributed by atoms with van der Waals surface area (Å²) in [5, 5.41) is 14.5. The van der Waals surface area contributed by atoms with E-state index < -0.39 is 5.97 Å². The molecule has 0 amide bonds. The number of nitrogens with zero attached hydrogens (tertiary/aromatic N) is 3. The van der Waals surface area contributed by atoms with Crippen molar-refractivity contribution in [3.63, 3.8) is 0 Å². The van der Waals surface area contributed by atoms with E-state index in [2.05, 4.69) is 22.1 Å². The summed E-state index contributed by atoms with van der Waals surface area (Å²) >= 11 is 0. The molecule has 0 aliphatic carbocycles. The zero-order chi connectivity index (χ0) is 13.4. The lowest BCUT2D eigenvalue weighted by Crippen LogP contribution is -2.46. The first kappa shape index (κ1) is 12.2. The van der Waals surface area contributed by atoms with Crippen LogP contribution in [0.3, 0.4) is 0 Å². The molecule has 1 aromatic carbocycles. The molecule has 5 heteroatoms. The van der Waals surface area contributed by atoms with Gasteiger partial charge >= 0.3 is 5.97 Å². The highest BCUT2D eigenvalue weighted by Gasteiger charge is 2.29. The molecule has 1 aliphatic rings. The molecular weight excluding hydrogens is 242 g/mol. The van der Waals surface area contributed by atoms with Gasteiger partial charge in [0.05, 0.1) is 17.6 Å². The van der Waals surface area contributed by atoms with E-state index in [0.717, 1.165) is 30.8 Å². The van der Waals surface area contributed by atoms with Crippen molar-refractivity contribution in [3.05, 3.63) is 30.0 Å². The fourth-order valence-electron chi connectivity index (χ4n) is 2.80. The molecule has 0 bridgehead atoms. The average molecular weight is 259 g/mol. The fraction of sp³-hybridized carbons (Fsp3) is 0.429. The van der Waals surface area contributed by atoms with Gasteiger partial charge in [-0.3, -0.25) is 14.4 Å². The number of aliphatic carboxylic acids is 1. The van der Waals surface area contributed by atoms with Crippen LogP contribution in [0, 0.1) is 5.92 Å². The van der Waals surface area contributed by atoms with Crippen LogP contribution in [0.25, 0.3) is 10.9 Å². The number of hydrogen-bond donors (Lipinski definition) is 1. The van der Waals surface area contributed by atoms with Crippen LogP contribution >= 0.6 is 0 Å². The maximum Gasteiger partial charge on any atom is 0.303 e. The van der Waals surface area contributed by atoms with Crippen molar-refractivity contribution in [1.82, 2.24) is 14.7 Å². The number of benzene rings is 1. The van der Waals surface area contributed by atoms with Gasteiger partial charge < -0.3 is 5.11 Å². The summed E-state index contributed by atoms with van der Waals surface area (Å²) < 4.78 is 1.90. The van der Waals surface area contributed by atoms with Crippen LogP contribution in [-0.2, 0) is 18.4 Å². The van der Waals surface area contributed by atoms with Crippen LogP contribution in [0.15, 0.2) is 24.3 Å². The summed E-state index contributed by atoms with van der Waals surface area (Å²) in [5.74, 6) is -0.402. The van der Waals surface area contributed by atoms with Gasteiger partial charge in [-0.15, -0.1) is 0 Å². The molecule has 2 heterocycles. The Morgan fingerprint density at radius 1 is 1.42 bits per heavy atom. The number of aryl methyl sites for hydroxylation is 1. The first-order chi connectivity index (χ1) is 9.13. The third kappa shape index (κ3) is 2.33. The number of rotatable bonds is 4. The van der Waals surface area contributed by atoms with E-state index >= 15 is 0 Å². The largest absolute Gasteiger partial charge is 0.481 e. The van der Waals surface area contributed by atoms with Crippen LogP contribution < -0.4 is 0 Å². The second-order valence-corrected chi connectivity index (χ2v) is 5.25. The van der Waals surface area contributed by atoms with Gasteiger partial charge in [-0.05, 0) is 12.0 Å². The number of fused-ring (bicyclic) bond motifs is 1. The normalized spacial score (nSPS) is 16.7. The first-order valence-corrected chi connectivity index (χ1v) is 6.48. The second kappa shape index (κ2) is 4.66. The van der Waals surface area contributed by atoms with Gasteiger partial charge in [0.25, 0.3) is 0 Å². The lowest BCUT2D eigenvalue weighted by atomic mass is 9.96. The molecule has 19 heavy (non-hydrogen) atoms. The Labute approximate surface area is 111 Å². The molecule has 1 N–H and O–H groups in total. The Kier molecular flexibility index (Phi) is 2.98. The Morgan fingerprint density at radius 2 is 2.16 bits per heavy atom. The fourth-order valence-corrected chi connectivity index (χ4v) is 2.80. The highest BCUT2D eigenvalue weighted by Crippen LogP contribution is 2.24. The van der Waals surface area contributed by atoms with Gasteiger partial charge in [0.2, 0.25) is 0 Å². The molecule has 0 atom stereocenters. The summed E-state index contributed by atoms with van der Waals surface area (Å²) in [6, 6.07) is 8.19. The van der Waals surface area contributed by atoms with Crippen molar-refractivity contribution < 1.29 is 9.90 Å². The predicted molar refractivity (Wildman–Crippen MR) is 71.7 cm³/mol. The van der Waals surface area contributed by atoms with Crippen molar-refractivity contribution in [1.29, 1.82) is 0 Å². The Morgan fingerprint density at radius 3 is 2.89 bits per heavy atom. The van der Waals surface area contributed by atoms with Crippen LogP contribution in [0.4, 0.5) is 0 Å². The average Bonchev–Trinajstić information content (AvgIpc) is 2.64. The number of likely N-dealkylation sites (tertiary alicyclic amines) is 1. The molecule has 0 spiro atoms. The molecule has 100 valence electrons. The molecule has 0 unspecified atom stereocenters. The Bertz CT molecular complexity index is 614. The third-order valence-corrected chi connectivity index (χ3v) is 3.70. The molecule has 1 aliphatic heterocycles. The standard InChI is InChI=1S/C14H17N3O2/c1-16-13-5-3-2-4-11(13)12(15-16)9-17-7-10(8-17)6-14(18)19/h2-5,10H,6-9H2,1H3,(H,18,19). The van der Waals surface area contributed by atoms with Gasteiger partial charge in [-0.1, -0.05) is 18.2 Å². The Balaban J connectivity index is 1.69. The molecule has 3 rings (SSSR count). The van der Waals surface area contributed by atoms with E-state index in [-0.39, 0.29) is 6.42 Å². The maximum absolute atomic E-state index is 10.6. The molecule has 5 nitrogen and oxygen atoms in total. The van der Waals surface area contributed by atoms with E-state index in [1.165, 1.54) is 5.39 Å². The van der Waals surface area contributed by atoms with E-state index in [4.69, 9.17) is 5.11 Å². The Hall–Kier alpha value is -1.88. The van der Waals surface area contributed by atoms with Gasteiger partial charge in [0.15, 0.2) is 0 Å². The van der Waals surface area contributed by atoms with Crippen LogP contribution in [0.2, 0.25) is 0 Å². The first-order valence-electron chi connectivity index (χ1n) is 6.48. The number of aromatic nitrogens is 2. The van der Waals surface area contributed by atoms with Gasteiger partial charge in [-0.2, -0.15) is 5.10 Å². The van der Waals surface area contributed by atoms with Gasteiger partial charge in [0.1, 0.15) is 0 Å². The van der Waals surface area contributed by atoms with Crippen molar-refractivity contribution >= 4 is 16.9 Å². The van der Waals surface area contributed by atoms with E-state index in [1.807, 2.05) is 23.9 Å². The van der Waals surface area contributed by atoms with Crippen LogP contribution in [0.1, 0.15) is 12.1 Å². The van der Waals surface area contributed by atoms with E-state index in [1.54, 1.807) is 0 Å². The van der Waals surface area contributed by atoms with E-state index in [9.17, 15) is 4.79 Å². The molecule has 1 fully saturated rings. The number of para-hydroxylation sites is 1. The summed E-state index contributed by atoms with van der Waals surface area (Å²) in [6.07, 6.45) is 0.277. The summed E-state index contributed by atoms with van der Waals surface area (Å²) in [7, 11) is 1.95. The molecular formula is C14H17N3O2. The van der Waals surface area contributed by atoms with Crippen molar-refractivity contribution in [2.24, 2.45) is 13.0 Å². The lowest BCUT2D eigenvalue weighted by molar-refractivity contribution is -0.139. The molecule has 2 aromatic rings. The highest BCUT2D eigenvalue weighted by molar-refractivity contribution is 5.81. The number of carboxylic acid groups (broad SMARTS) is 1. The zero-order valence-electron chi connectivity index (χ0n) is 10.9. The maximum atomic E-state index is 10.6. The highest BCUT2D eigenvalue weighted by atomic mass is 16.4. The number of carboxylic acids is 1. The lowest BCUT2D eigenvalue weighted by Gasteiger charge is -2.38. The molecule has 1 aromatic heterocycles. The molecule has 0 saturated carbocycles. The summed E-state index contributed by atoms with van der Waals surface area (Å²) in [4.78, 5) is 12.9. The SMILES string of the molecule is Cn1nc(CN2CC(CC(=O)O)C2)c2ccccc21. The van der Waals surface area contributed by atoms with Crippen molar-refractivity contribution in [3.8, 4) is 0 Å². The third-order valence-electron chi connectivity index (χ3n) is 3.70. The van der Waals surface area contributed by atoms with Crippen molar-refractivity contribution in [2.45, 2.75) is 13.0 Å². The van der Waals surface area contributed by atoms with Crippen LogP contribution in [-0.4, -0.2) is 38.8 Å². The van der Waals surface area contributed by atoms with E-state index in [0.29, 0.717) is 5.92 Å². The predicted octanol–water partition coefficient (Wildman–Crippen LogP) is 1.48. The van der Waals surface area contributed by atoms with Gasteiger partial charge in [-0.25, -0.2) is 0 Å². The quantitative estimate of drug-likeness (QED) is 0.903. The van der Waals surface area contributed by atoms with Crippen molar-refractivity contribution in [2.75, 3.05) is 13.1 Å². The summed E-state index contributed by atoms with van der Waals surface area (Å²) in [5.41, 5.74) is 2.21. The second-order valence-electron chi connectivity index (χ2n) is 5.25. The minimum Gasteiger partial charge on any atom is -0.481 e. The minimum atomic E-state index is -0.701. The molecule has 0 radical (unpaired) electrons. The smallest absolute Gasteiger partial charge is 0.303 e. The number of carbonyl (C=O) groups is 1. The zero-order valence-corrected chi connectivity index (χ0v) is 10.9. The monoisotopic (exact) mass is 259 g/mol. The minimum absolute atomic E-state index is 0.277. The summed E-state index contributed by atoms with van der Waals surface area (Å²) in [6.45, 7) is 2.52. The van der Waals surface area contributed by atoms with Gasteiger partial charge in [0, 0.05) is 32.1 Å². The van der Waals surface area contributed by atoms with Crippen LogP contribution in [0.5, 0.6) is 0 Å². The topological polar surface area (TPSA) is 58.4 Å². The number of hydrogen-bond acceptors (Lipinski definition) is 3. The molecule has 1 saturated heterocycles.